The van der Waals surface area contributed by atoms with Gasteiger partial charge in [0, 0.05) is 32.6 Å². The number of nitrogens with one attached hydrogen (secondary N) is 1. The first-order valence-electron chi connectivity index (χ1n) is 9.02. The van der Waals surface area contributed by atoms with E-state index in [1.165, 1.54) is 24.1 Å². The Labute approximate surface area is 169 Å². The lowest BCUT2D eigenvalue weighted by Crippen LogP contribution is -2.29. The number of anilines is 2. The third-order valence-electron chi connectivity index (χ3n) is 4.56. The fourth-order valence-corrected chi connectivity index (χ4v) is 4.04. The summed E-state index contributed by atoms with van der Waals surface area (Å²) < 4.78 is 33.5. The molecular weight excluding hydrogens is 394 g/mol. The molecule has 2 N–H and O–H groups in total. The number of hydrogen-bond donors (Lipinski definition) is 2. The van der Waals surface area contributed by atoms with E-state index in [1.54, 1.807) is 42.7 Å². The van der Waals surface area contributed by atoms with Crippen LogP contribution in [-0.4, -0.2) is 51.7 Å². The van der Waals surface area contributed by atoms with Crippen molar-refractivity contribution >= 4 is 38.5 Å². The molecule has 0 aliphatic heterocycles. The molecule has 9 heteroatoms. The highest BCUT2D eigenvalue weighted by Gasteiger charge is 2.17. The lowest BCUT2D eigenvalue weighted by Gasteiger charge is -2.22. The molecule has 3 rings (SSSR count). The van der Waals surface area contributed by atoms with E-state index in [2.05, 4.69) is 4.72 Å². The van der Waals surface area contributed by atoms with Gasteiger partial charge in [0.2, 0.25) is 0 Å². The van der Waals surface area contributed by atoms with Gasteiger partial charge >= 0.3 is 6.09 Å². The number of hydrogen-bond acceptors (Lipinski definition) is 5. The largest absolute Gasteiger partial charge is 0.465 e. The van der Waals surface area contributed by atoms with Crippen molar-refractivity contribution in [3.8, 4) is 0 Å². The van der Waals surface area contributed by atoms with Crippen molar-refractivity contribution in [2.75, 3.05) is 36.8 Å². The van der Waals surface area contributed by atoms with Gasteiger partial charge in [0.1, 0.15) is 0 Å². The predicted molar refractivity (Wildman–Crippen MR) is 112 cm³/mol. The quantitative estimate of drug-likeness (QED) is 0.580. The molecular formula is C20H23N3O5S. The molecule has 1 aromatic heterocycles. The number of rotatable bonds is 8. The number of nitrogens with zero attached hydrogens (tertiary/aromatic N) is 2. The van der Waals surface area contributed by atoms with Crippen LogP contribution < -0.4 is 9.62 Å². The third-order valence-corrected chi connectivity index (χ3v) is 5.96. The molecule has 8 nitrogen and oxygen atoms in total. The summed E-state index contributed by atoms with van der Waals surface area (Å²) in [5, 5.41) is 9.71. The fourth-order valence-electron chi connectivity index (χ4n) is 2.98. The maximum Gasteiger partial charge on any atom is 0.407 e. The molecule has 2 aromatic carbocycles. The van der Waals surface area contributed by atoms with Gasteiger partial charge in [0.05, 0.1) is 22.5 Å². The van der Waals surface area contributed by atoms with Gasteiger partial charge in [-0.25, -0.2) is 13.2 Å². The second-order valence-corrected chi connectivity index (χ2v) is 8.41. The first-order chi connectivity index (χ1) is 13.8. The van der Waals surface area contributed by atoms with Crippen LogP contribution in [0.2, 0.25) is 0 Å². The number of carboxylic acid groups (broad SMARTS) is 1. The highest BCUT2D eigenvalue weighted by atomic mass is 32.2. The van der Waals surface area contributed by atoms with Crippen molar-refractivity contribution < 1.29 is 22.7 Å². The summed E-state index contributed by atoms with van der Waals surface area (Å²) >= 11 is 0. The van der Waals surface area contributed by atoms with Gasteiger partial charge in [0.15, 0.2) is 5.58 Å². The minimum absolute atomic E-state index is 0.180. The summed E-state index contributed by atoms with van der Waals surface area (Å²) in [5.74, 6) is 0. The highest BCUT2D eigenvalue weighted by molar-refractivity contribution is 7.92. The van der Waals surface area contributed by atoms with Crippen LogP contribution in [0, 0.1) is 0 Å². The second kappa shape index (κ2) is 8.44. The molecule has 0 radical (unpaired) electrons. The van der Waals surface area contributed by atoms with E-state index in [4.69, 9.17) is 9.52 Å². The van der Waals surface area contributed by atoms with Gasteiger partial charge in [-0.3, -0.25) is 4.72 Å². The fraction of sp³-hybridized carbons (Fsp3) is 0.250. The monoisotopic (exact) mass is 417 g/mol. The Bertz CT molecular complexity index is 1100. The highest BCUT2D eigenvalue weighted by Crippen LogP contribution is 2.32. The zero-order chi connectivity index (χ0) is 21.0. The van der Waals surface area contributed by atoms with Crippen LogP contribution in [-0.2, 0) is 10.0 Å². The van der Waals surface area contributed by atoms with Gasteiger partial charge in [-0.15, -0.1) is 0 Å². The summed E-state index contributed by atoms with van der Waals surface area (Å²) in [6.07, 6.45) is 1.19. The molecule has 0 atom stereocenters. The second-order valence-electron chi connectivity index (χ2n) is 6.73. The minimum Gasteiger partial charge on any atom is -0.465 e. The molecule has 3 aromatic rings. The van der Waals surface area contributed by atoms with Crippen molar-refractivity contribution in [1.82, 2.24) is 4.90 Å². The Morgan fingerprint density at radius 3 is 2.52 bits per heavy atom. The number of amides is 1. The van der Waals surface area contributed by atoms with Crippen LogP contribution in [0.5, 0.6) is 0 Å². The molecule has 0 saturated carbocycles. The molecule has 0 aliphatic carbocycles. The summed E-state index contributed by atoms with van der Waals surface area (Å²) in [5.41, 5.74) is 1.78. The number of carbonyl (C=O) groups is 1. The van der Waals surface area contributed by atoms with Crippen LogP contribution in [0.1, 0.15) is 6.42 Å². The van der Waals surface area contributed by atoms with Crippen LogP contribution in [0.15, 0.2) is 64.1 Å². The van der Waals surface area contributed by atoms with Gasteiger partial charge < -0.3 is 19.3 Å². The zero-order valence-electron chi connectivity index (χ0n) is 16.2. The molecule has 29 heavy (non-hydrogen) atoms. The van der Waals surface area contributed by atoms with E-state index in [1.807, 2.05) is 11.9 Å². The number of benzene rings is 2. The summed E-state index contributed by atoms with van der Waals surface area (Å²) in [4.78, 5) is 14.2. The Morgan fingerprint density at radius 2 is 1.83 bits per heavy atom. The maximum absolute atomic E-state index is 12.7. The first kappa shape index (κ1) is 20.5. The SMILES string of the molecule is CN(CCCN(C)c1cc(NS(=O)(=O)c2ccccc2)cc2ccoc12)C(=O)O. The summed E-state index contributed by atoms with van der Waals surface area (Å²) in [7, 11) is -0.342. The minimum atomic E-state index is -3.72. The van der Waals surface area contributed by atoms with Crippen molar-refractivity contribution in [1.29, 1.82) is 0 Å². The van der Waals surface area contributed by atoms with Crippen molar-refractivity contribution in [3.63, 3.8) is 0 Å². The van der Waals surface area contributed by atoms with Gasteiger partial charge in [-0.05, 0) is 36.8 Å². The topological polar surface area (TPSA) is 103 Å². The molecule has 1 heterocycles. The Morgan fingerprint density at radius 1 is 1.10 bits per heavy atom. The number of fused-ring (bicyclic) bond motifs is 1. The predicted octanol–water partition coefficient (Wildman–Crippen LogP) is 3.67. The Balaban J connectivity index is 1.83. The maximum atomic E-state index is 12.7. The first-order valence-corrected chi connectivity index (χ1v) is 10.5. The van der Waals surface area contributed by atoms with E-state index >= 15 is 0 Å². The molecule has 1 amide bonds. The normalized spacial score (nSPS) is 11.4. The molecule has 0 saturated heterocycles. The van der Waals surface area contributed by atoms with Gasteiger partial charge in [0.25, 0.3) is 10.0 Å². The Kier molecular flexibility index (Phi) is 5.97. The van der Waals surface area contributed by atoms with E-state index in [0.29, 0.717) is 30.8 Å². The molecule has 0 fully saturated rings. The standard InChI is InChI=1S/C20H23N3O5S/c1-22(10-6-11-23(2)20(24)25)18-14-16(13-15-9-12-28-19(15)18)21-29(26,27)17-7-4-3-5-8-17/h3-5,7-9,12-14,21H,6,10-11H2,1-2H3,(H,24,25). The smallest absolute Gasteiger partial charge is 0.407 e. The lowest BCUT2D eigenvalue weighted by molar-refractivity contribution is 0.155. The number of sulfonamides is 1. The van der Waals surface area contributed by atoms with E-state index < -0.39 is 16.1 Å². The van der Waals surface area contributed by atoms with Crippen molar-refractivity contribution in [3.05, 3.63) is 54.8 Å². The van der Waals surface area contributed by atoms with E-state index in [0.717, 1.165) is 11.1 Å². The summed E-state index contributed by atoms with van der Waals surface area (Å²) in [6, 6.07) is 13.4. The number of furan rings is 1. The third kappa shape index (κ3) is 4.80. The molecule has 0 bridgehead atoms. The molecule has 0 spiro atoms. The average Bonchev–Trinajstić information content (AvgIpc) is 3.16. The van der Waals surface area contributed by atoms with Crippen LogP contribution >= 0.6 is 0 Å². The van der Waals surface area contributed by atoms with Crippen molar-refractivity contribution in [2.24, 2.45) is 0 Å². The van der Waals surface area contributed by atoms with E-state index in [9.17, 15) is 13.2 Å². The average molecular weight is 417 g/mol. The van der Waals surface area contributed by atoms with Crippen LogP contribution in [0.4, 0.5) is 16.2 Å². The molecule has 0 aliphatic rings. The Hall–Kier alpha value is -3.20. The van der Waals surface area contributed by atoms with E-state index in [-0.39, 0.29) is 4.90 Å². The lowest BCUT2D eigenvalue weighted by atomic mass is 10.2. The van der Waals surface area contributed by atoms with Crippen LogP contribution in [0.3, 0.4) is 0 Å². The van der Waals surface area contributed by atoms with Crippen LogP contribution in [0.25, 0.3) is 11.0 Å². The van der Waals surface area contributed by atoms with Gasteiger partial charge in [-0.1, -0.05) is 18.2 Å². The molecule has 0 unspecified atom stereocenters. The van der Waals surface area contributed by atoms with Crippen molar-refractivity contribution in [2.45, 2.75) is 11.3 Å². The molecule has 154 valence electrons. The van der Waals surface area contributed by atoms with Gasteiger partial charge in [-0.2, -0.15) is 0 Å². The summed E-state index contributed by atoms with van der Waals surface area (Å²) in [6.45, 7) is 0.962. The zero-order valence-corrected chi connectivity index (χ0v) is 17.0.